The predicted molar refractivity (Wildman–Crippen MR) is 77.5 cm³/mol. The number of aryl methyl sites for hydroxylation is 1. The summed E-state index contributed by atoms with van der Waals surface area (Å²) >= 11 is 0. The number of carbonyl (C=O) groups excluding carboxylic acids is 1. The van der Waals surface area contributed by atoms with Crippen LogP contribution in [0.4, 0.5) is 0 Å². The number of carbonyl (C=O) groups is 1. The van der Waals surface area contributed by atoms with Crippen molar-refractivity contribution < 1.29 is 13.2 Å². The summed E-state index contributed by atoms with van der Waals surface area (Å²) in [6, 6.07) is 1.34. The van der Waals surface area contributed by atoms with Gasteiger partial charge in [-0.3, -0.25) is 4.79 Å². The van der Waals surface area contributed by atoms with Gasteiger partial charge in [0.15, 0.2) is 0 Å². The molecule has 7 heteroatoms. The second-order valence-corrected chi connectivity index (χ2v) is 7.79. The van der Waals surface area contributed by atoms with Gasteiger partial charge < -0.3 is 9.88 Å². The molecule has 1 aliphatic carbocycles. The van der Waals surface area contributed by atoms with Crippen molar-refractivity contribution in [3.05, 3.63) is 18.0 Å². The van der Waals surface area contributed by atoms with Crippen molar-refractivity contribution in [2.24, 2.45) is 0 Å². The van der Waals surface area contributed by atoms with Crippen molar-refractivity contribution in [2.75, 3.05) is 0 Å². The SMILES string of the molecule is CCn1cc(S(=O)(=O)Cl)cc1C(=O)NC1(CC)CCC1. The molecule has 0 bridgehead atoms. The lowest BCUT2D eigenvalue weighted by Gasteiger charge is -2.42. The van der Waals surface area contributed by atoms with Crippen molar-refractivity contribution in [1.82, 2.24) is 9.88 Å². The Morgan fingerprint density at radius 2 is 2.10 bits per heavy atom. The summed E-state index contributed by atoms with van der Waals surface area (Å²) in [5.74, 6) is -0.236. The van der Waals surface area contributed by atoms with Crippen molar-refractivity contribution in [1.29, 1.82) is 0 Å². The zero-order chi connectivity index (χ0) is 15.0. The maximum Gasteiger partial charge on any atom is 0.268 e. The molecule has 0 aliphatic heterocycles. The highest BCUT2D eigenvalue weighted by atomic mass is 35.7. The van der Waals surface area contributed by atoms with Crippen molar-refractivity contribution in [3.63, 3.8) is 0 Å². The number of hydrogen-bond acceptors (Lipinski definition) is 3. The van der Waals surface area contributed by atoms with Crippen LogP contribution in [0.15, 0.2) is 17.2 Å². The lowest BCUT2D eigenvalue weighted by Crippen LogP contribution is -2.53. The van der Waals surface area contributed by atoms with Crippen LogP contribution in [0.5, 0.6) is 0 Å². The van der Waals surface area contributed by atoms with E-state index in [-0.39, 0.29) is 16.3 Å². The van der Waals surface area contributed by atoms with Crippen LogP contribution in [0, 0.1) is 0 Å². The molecule has 1 saturated carbocycles. The van der Waals surface area contributed by atoms with Crippen LogP contribution in [0.25, 0.3) is 0 Å². The lowest BCUT2D eigenvalue weighted by molar-refractivity contribution is 0.0811. The molecule has 1 amide bonds. The Bertz CT molecular complexity index is 612. The zero-order valence-corrected chi connectivity index (χ0v) is 13.2. The van der Waals surface area contributed by atoms with E-state index in [0.29, 0.717) is 12.2 Å². The highest BCUT2D eigenvalue weighted by Crippen LogP contribution is 2.35. The van der Waals surface area contributed by atoms with E-state index in [0.717, 1.165) is 25.7 Å². The van der Waals surface area contributed by atoms with E-state index in [1.165, 1.54) is 12.3 Å². The minimum atomic E-state index is -3.82. The number of aromatic nitrogens is 1. The van der Waals surface area contributed by atoms with Crippen LogP contribution >= 0.6 is 10.7 Å². The minimum Gasteiger partial charge on any atom is -0.345 e. The number of halogens is 1. The minimum absolute atomic E-state index is 0.0367. The maximum atomic E-state index is 12.4. The highest BCUT2D eigenvalue weighted by molar-refractivity contribution is 8.13. The van der Waals surface area contributed by atoms with Crippen LogP contribution < -0.4 is 5.32 Å². The van der Waals surface area contributed by atoms with Gasteiger partial charge in [0, 0.05) is 29.0 Å². The average Bonchev–Trinajstić information content (AvgIpc) is 2.77. The van der Waals surface area contributed by atoms with Crippen molar-refractivity contribution in [3.8, 4) is 0 Å². The van der Waals surface area contributed by atoms with Gasteiger partial charge in [0.25, 0.3) is 15.0 Å². The van der Waals surface area contributed by atoms with Crippen LogP contribution in [0.2, 0.25) is 0 Å². The molecule has 5 nitrogen and oxygen atoms in total. The van der Waals surface area contributed by atoms with Crippen molar-refractivity contribution >= 4 is 25.6 Å². The number of hydrogen-bond donors (Lipinski definition) is 1. The first-order valence-electron chi connectivity index (χ1n) is 6.78. The number of rotatable bonds is 5. The largest absolute Gasteiger partial charge is 0.345 e. The van der Waals surface area contributed by atoms with Crippen LogP contribution in [-0.2, 0) is 15.6 Å². The van der Waals surface area contributed by atoms with Gasteiger partial charge in [-0.15, -0.1) is 0 Å². The first kappa shape index (κ1) is 15.4. The van der Waals surface area contributed by atoms with E-state index in [2.05, 4.69) is 5.32 Å². The van der Waals surface area contributed by atoms with E-state index >= 15 is 0 Å². The molecule has 1 N–H and O–H groups in total. The van der Waals surface area contributed by atoms with Gasteiger partial charge in [-0.1, -0.05) is 6.92 Å². The third-order valence-corrected chi connectivity index (χ3v) is 5.41. The molecule has 1 fully saturated rings. The maximum absolute atomic E-state index is 12.4. The normalized spacial score (nSPS) is 17.6. The summed E-state index contributed by atoms with van der Waals surface area (Å²) in [5, 5.41) is 3.04. The highest BCUT2D eigenvalue weighted by Gasteiger charge is 2.37. The summed E-state index contributed by atoms with van der Waals surface area (Å²) in [5.41, 5.74) is 0.214. The second kappa shape index (κ2) is 5.41. The molecule has 0 saturated heterocycles. The first-order chi connectivity index (χ1) is 9.31. The van der Waals surface area contributed by atoms with Gasteiger partial charge in [0.05, 0.1) is 0 Å². The molecule has 112 valence electrons. The summed E-state index contributed by atoms with van der Waals surface area (Å²) in [6.07, 6.45) is 5.35. The van der Waals surface area contributed by atoms with E-state index < -0.39 is 9.05 Å². The summed E-state index contributed by atoms with van der Waals surface area (Å²) in [4.78, 5) is 12.3. The smallest absolute Gasteiger partial charge is 0.268 e. The van der Waals surface area contributed by atoms with Crippen LogP contribution in [-0.4, -0.2) is 24.4 Å². The molecular formula is C13H19ClN2O3S. The molecule has 20 heavy (non-hydrogen) atoms. The van der Waals surface area contributed by atoms with Crippen LogP contribution in [0.1, 0.15) is 50.0 Å². The average molecular weight is 319 g/mol. The summed E-state index contributed by atoms with van der Waals surface area (Å²) in [7, 11) is 1.51. The topological polar surface area (TPSA) is 68.2 Å². The molecule has 0 unspecified atom stereocenters. The standard InChI is InChI=1S/C13H19ClN2O3S/c1-3-13(6-5-7-13)15-12(17)11-8-10(20(14,18)19)9-16(11)4-2/h8-9H,3-7H2,1-2H3,(H,15,17). The fourth-order valence-corrected chi connectivity index (χ4v) is 3.30. The Morgan fingerprint density at radius 3 is 2.50 bits per heavy atom. The molecule has 2 rings (SSSR count). The van der Waals surface area contributed by atoms with Crippen LogP contribution in [0.3, 0.4) is 0 Å². The molecule has 0 spiro atoms. The van der Waals surface area contributed by atoms with Gasteiger partial charge in [-0.25, -0.2) is 8.42 Å². The first-order valence-corrected chi connectivity index (χ1v) is 9.09. The van der Waals surface area contributed by atoms with Crippen molar-refractivity contribution in [2.45, 2.75) is 56.5 Å². The van der Waals surface area contributed by atoms with Gasteiger partial charge >= 0.3 is 0 Å². The molecule has 1 heterocycles. The molecule has 0 radical (unpaired) electrons. The fourth-order valence-electron chi connectivity index (χ4n) is 2.54. The summed E-state index contributed by atoms with van der Waals surface area (Å²) in [6.45, 7) is 4.40. The quantitative estimate of drug-likeness (QED) is 0.848. The monoisotopic (exact) mass is 318 g/mol. The Kier molecular flexibility index (Phi) is 4.16. The third-order valence-electron chi connectivity index (χ3n) is 4.09. The Morgan fingerprint density at radius 1 is 1.45 bits per heavy atom. The molecule has 1 aliphatic rings. The Hall–Kier alpha value is -1.01. The second-order valence-electron chi connectivity index (χ2n) is 5.23. The lowest BCUT2D eigenvalue weighted by atomic mass is 9.75. The number of nitrogens with one attached hydrogen (secondary N) is 1. The molecule has 1 aromatic heterocycles. The van der Waals surface area contributed by atoms with Gasteiger partial charge in [-0.2, -0.15) is 0 Å². The van der Waals surface area contributed by atoms with E-state index in [9.17, 15) is 13.2 Å². The molecule has 0 aromatic carbocycles. The zero-order valence-electron chi connectivity index (χ0n) is 11.6. The number of amides is 1. The van der Waals surface area contributed by atoms with E-state index in [1.807, 2.05) is 13.8 Å². The molecular weight excluding hydrogens is 300 g/mol. The van der Waals surface area contributed by atoms with E-state index in [4.69, 9.17) is 10.7 Å². The Labute approximate surface area is 123 Å². The summed E-state index contributed by atoms with van der Waals surface area (Å²) < 4.78 is 24.3. The predicted octanol–water partition coefficient (Wildman–Crippen LogP) is 2.50. The fraction of sp³-hybridized carbons (Fsp3) is 0.615. The van der Waals surface area contributed by atoms with Gasteiger partial charge in [-0.05, 0) is 38.7 Å². The van der Waals surface area contributed by atoms with Gasteiger partial charge in [0.2, 0.25) is 0 Å². The van der Waals surface area contributed by atoms with E-state index in [1.54, 1.807) is 4.57 Å². The molecule has 0 atom stereocenters. The number of nitrogens with zero attached hydrogens (tertiary/aromatic N) is 1. The Balaban J connectivity index is 2.27. The van der Waals surface area contributed by atoms with Gasteiger partial charge in [0.1, 0.15) is 10.6 Å². The molecule has 1 aromatic rings. The third kappa shape index (κ3) is 2.86.